The molecule has 0 saturated carbocycles. The lowest BCUT2D eigenvalue weighted by molar-refractivity contribution is 0.820. The molecule has 0 atom stereocenters. The van der Waals surface area contributed by atoms with E-state index in [0.717, 1.165) is 11.4 Å². The van der Waals surface area contributed by atoms with Crippen LogP contribution in [0.5, 0.6) is 0 Å². The first-order chi connectivity index (χ1) is 6.68. The topological polar surface area (TPSA) is 69.6 Å². The van der Waals surface area contributed by atoms with Crippen LogP contribution in [0.25, 0.3) is 5.82 Å². The highest BCUT2D eigenvalue weighted by molar-refractivity contribution is 5.47. The molecule has 0 amide bonds. The van der Waals surface area contributed by atoms with E-state index in [-0.39, 0.29) is 0 Å². The van der Waals surface area contributed by atoms with Crippen LogP contribution in [-0.2, 0) is 0 Å². The fraction of sp³-hybridized carbons (Fsp3) is 0.222. The van der Waals surface area contributed by atoms with Crippen LogP contribution in [0.3, 0.4) is 0 Å². The molecule has 2 aromatic heterocycles. The van der Waals surface area contributed by atoms with Crippen LogP contribution in [0.15, 0.2) is 18.5 Å². The number of nitrogen functional groups attached to an aromatic ring is 1. The highest BCUT2D eigenvalue weighted by Gasteiger charge is 2.07. The normalized spacial score (nSPS) is 10.4. The molecule has 0 spiro atoms. The van der Waals surface area contributed by atoms with Crippen molar-refractivity contribution in [3.05, 3.63) is 29.8 Å². The van der Waals surface area contributed by atoms with E-state index < -0.39 is 0 Å². The second kappa shape index (κ2) is 3.10. The van der Waals surface area contributed by atoms with Gasteiger partial charge in [0.15, 0.2) is 5.82 Å². The van der Waals surface area contributed by atoms with Crippen LogP contribution >= 0.6 is 0 Å². The van der Waals surface area contributed by atoms with E-state index in [1.54, 1.807) is 10.9 Å². The van der Waals surface area contributed by atoms with Gasteiger partial charge in [-0.3, -0.25) is 0 Å². The molecular weight excluding hydrogens is 178 g/mol. The van der Waals surface area contributed by atoms with Crippen molar-refractivity contribution < 1.29 is 0 Å². The number of rotatable bonds is 1. The summed E-state index contributed by atoms with van der Waals surface area (Å²) < 4.78 is 1.68. The van der Waals surface area contributed by atoms with E-state index in [9.17, 15) is 0 Å². The summed E-state index contributed by atoms with van der Waals surface area (Å²) in [6, 6.07) is 1.84. The largest absolute Gasteiger partial charge is 0.383 e. The minimum absolute atomic E-state index is 0.503. The molecule has 0 radical (unpaired) electrons. The molecule has 72 valence electrons. The molecule has 0 aromatic carbocycles. The molecule has 2 N–H and O–H groups in total. The second-order valence-electron chi connectivity index (χ2n) is 3.06. The Kier molecular flexibility index (Phi) is 1.92. The average Bonchev–Trinajstić information content (AvgIpc) is 2.63. The molecule has 14 heavy (non-hydrogen) atoms. The van der Waals surface area contributed by atoms with E-state index in [1.807, 2.05) is 26.1 Å². The molecule has 0 aliphatic carbocycles. The van der Waals surface area contributed by atoms with Crippen molar-refractivity contribution in [3.8, 4) is 5.82 Å². The molecule has 0 aliphatic rings. The predicted octanol–water partition coefficient (Wildman–Crippen LogP) is 0.861. The first-order valence-corrected chi connectivity index (χ1v) is 4.29. The lowest BCUT2D eigenvalue weighted by Gasteiger charge is -2.07. The SMILES string of the molecule is Cc1nc(N)c(C)c(-n2cccn2)n1. The van der Waals surface area contributed by atoms with Crippen LogP contribution in [-0.4, -0.2) is 19.7 Å². The van der Waals surface area contributed by atoms with Crippen LogP contribution in [0, 0.1) is 13.8 Å². The van der Waals surface area contributed by atoms with Crippen LogP contribution in [0.4, 0.5) is 5.82 Å². The van der Waals surface area contributed by atoms with Gasteiger partial charge in [-0.05, 0) is 19.9 Å². The number of aryl methyl sites for hydroxylation is 1. The molecule has 0 unspecified atom stereocenters. The first-order valence-electron chi connectivity index (χ1n) is 4.29. The van der Waals surface area contributed by atoms with E-state index in [4.69, 9.17) is 5.73 Å². The first kappa shape index (κ1) is 8.68. The van der Waals surface area contributed by atoms with Crippen molar-refractivity contribution in [3.63, 3.8) is 0 Å². The number of nitrogens with two attached hydrogens (primary N) is 1. The van der Waals surface area contributed by atoms with E-state index >= 15 is 0 Å². The van der Waals surface area contributed by atoms with Gasteiger partial charge in [-0.1, -0.05) is 0 Å². The summed E-state index contributed by atoms with van der Waals surface area (Å²) in [7, 11) is 0. The molecular formula is C9H11N5. The molecule has 2 heterocycles. The monoisotopic (exact) mass is 189 g/mol. The standard InChI is InChI=1S/C9H11N5/c1-6-8(10)12-7(2)13-9(6)14-5-3-4-11-14/h3-5H,1-2H3,(H2,10,12,13). The number of anilines is 1. The number of aromatic nitrogens is 4. The fourth-order valence-corrected chi connectivity index (χ4v) is 1.25. The number of nitrogens with zero attached hydrogens (tertiary/aromatic N) is 4. The third-order valence-corrected chi connectivity index (χ3v) is 1.99. The van der Waals surface area contributed by atoms with Gasteiger partial charge in [-0.2, -0.15) is 5.10 Å². The summed E-state index contributed by atoms with van der Waals surface area (Å²) >= 11 is 0. The molecule has 2 rings (SSSR count). The van der Waals surface area contributed by atoms with Gasteiger partial charge in [0.25, 0.3) is 0 Å². The van der Waals surface area contributed by atoms with Gasteiger partial charge in [0.05, 0.1) is 0 Å². The lowest BCUT2D eigenvalue weighted by atomic mass is 10.3. The fourth-order valence-electron chi connectivity index (χ4n) is 1.25. The third-order valence-electron chi connectivity index (χ3n) is 1.99. The summed E-state index contributed by atoms with van der Waals surface area (Å²) in [5, 5.41) is 4.10. The van der Waals surface area contributed by atoms with Gasteiger partial charge < -0.3 is 5.73 Å². The molecule has 0 fully saturated rings. The van der Waals surface area contributed by atoms with Crippen LogP contribution in [0.2, 0.25) is 0 Å². The van der Waals surface area contributed by atoms with Gasteiger partial charge in [0.1, 0.15) is 11.6 Å². The predicted molar refractivity (Wildman–Crippen MR) is 53.0 cm³/mol. The molecule has 2 aromatic rings. The molecule has 0 aliphatic heterocycles. The average molecular weight is 189 g/mol. The molecule has 0 bridgehead atoms. The van der Waals surface area contributed by atoms with Crippen LogP contribution < -0.4 is 5.73 Å². The highest BCUT2D eigenvalue weighted by atomic mass is 15.3. The maximum absolute atomic E-state index is 5.74. The maximum Gasteiger partial charge on any atom is 0.162 e. The van der Waals surface area contributed by atoms with Crippen molar-refractivity contribution >= 4 is 5.82 Å². The maximum atomic E-state index is 5.74. The van der Waals surface area contributed by atoms with Crippen molar-refractivity contribution in [2.45, 2.75) is 13.8 Å². The Labute approximate surface area is 81.6 Å². The second-order valence-corrected chi connectivity index (χ2v) is 3.06. The minimum Gasteiger partial charge on any atom is -0.383 e. The zero-order chi connectivity index (χ0) is 10.1. The summed E-state index contributed by atoms with van der Waals surface area (Å²) in [6.45, 7) is 3.69. The van der Waals surface area contributed by atoms with Gasteiger partial charge >= 0.3 is 0 Å². The molecule has 5 nitrogen and oxygen atoms in total. The summed E-state index contributed by atoms with van der Waals surface area (Å²) in [5.41, 5.74) is 6.58. The Balaban J connectivity index is 2.64. The Morgan fingerprint density at radius 2 is 2.07 bits per heavy atom. The van der Waals surface area contributed by atoms with E-state index in [1.165, 1.54) is 0 Å². The van der Waals surface area contributed by atoms with Crippen molar-refractivity contribution in [2.24, 2.45) is 0 Å². The van der Waals surface area contributed by atoms with Gasteiger partial charge in [-0.15, -0.1) is 0 Å². The third kappa shape index (κ3) is 1.32. The summed E-state index contributed by atoms with van der Waals surface area (Å²) in [6.07, 6.45) is 3.53. The van der Waals surface area contributed by atoms with Gasteiger partial charge in [-0.25, -0.2) is 14.6 Å². The minimum atomic E-state index is 0.503. The Morgan fingerprint density at radius 3 is 2.71 bits per heavy atom. The van der Waals surface area contributed by atoms with Gasteiger partial charge in [0, 0.05) is 18.0 Å². The van der Waals surface area contributed by atoms with Crippen molar-refractivity contribution in [1.82, 2.24) is 19.7 Å². The quantitative estimate of drug-likeness (QED) is 0.722. The Hall–Kier alpha value is -1.91. The lowest BCUT2D eigenvalue weighted by Crippen LogP contribution is -2.07. The van der Waals surface area contributed by atoms with Crippen molar-refractivity contribution in [1.29, 1.82) is 0 Å². The molecule has 5 heteroatoms. The Bertz CT molecular complexity index is 446. The Morgan fingerprint density at radius 1 is 1.29 bits per heavy atom. The number of hydrogen-bond donors (Lipinski definition) is 1. The zero-order valence-electron chi connectivity index (χ0n) is 8.10. The highest BCUT2D eigenvalue weighted by Crippen LogP contribution is 2.14. The molecule has 0 saturated heterocycles. The van der Waals surface area contributed by atoms with Gasteiger partial charge in [0.2, 0.25) is 0 Å². The van der Waals surface area contributed by atoms with E-state index in [2.05, 4.69) is 15.1 Å². The summed E-state index contributed by atoms with van der Waals surface area (Å²) in [5.74, 6) is 1.89. The van der Waals surface area contributed by atoms with E-state index in [0.29, 0.717) is 11.6 Å². The summed E-state index contributed by atoms with van der Waals surface area (Å²) in [4.78, 5) is 8.35. The zero-order valence-corrected chi connectivity index (χ0v) is 8.10. The smallest absolute Gasteiger partial charge is 0.162 e. The van der Waals surface area contributed by atoms with Crippen LogP contribution in [0.1, 0.15) is 11.4 Å². The number of hydrogen-bond acceptors (Lipinski definition) is 4. The van der Waals surface area contributed by atoms with Crippen molar-refractivity contribution in [2.75, 3.05) is 5.73 Å².